The highest BCUT2D eigenvalue weighted by Gasteiger charge is 2.18. The lowest BCUT2D eigenvalue weighted by Gasteiger charge is -2.14. The normalized spacial score (nSPS) is 12.4. The second-order valence-corrected chi connectivity index (χ2v) is 7.67. The van der Waals surface area contributed by atoms with Gasteiger partial charge in [0.25, 0.3) is 5.91 Å². The molecule has 1 aromatic heterocycles. The molecule has 0 fully saturated rings. The second kappa shape index (κ2) is 8.45. The third-order valence-electron chi connectivity index (χ3n) is 3.61. The van der Waals surface area contributed by atoms with E-state index in [0.29, 0.717) is 35.9 Å². The standard InChI is InChI=1S/C19H26N2O3S/c1-6-24-15-10-8-7-9-14(15)17(22)20-18-21(11-12-23-5)13-16(25-18)19(2,3)4/h7-10,13H,6,11-12H2,1-5H3/b20-18-. The molecule has 2 aromatic rings. The van der Waals surface area contributed by atoms with Crippen molar-refractivity contribution in [3.05, 3.63) is 45.7 Å². The SMILES string of the molecule is CCOc1ccccc1C(=O)/N=c1\sc(C(C)(C)C)cn1CCOC. The number of benzene rings is 1. The minimum Gasteiger partial charge on any atom is -0.493 e. The number of hydrogen-bond donors (Lipinski definition) is 0. The Bertz CT molecular complexity index is 784. The van der Waals surface area contributed by atoms with Crippen molar-refractivity contribution in [1.82, 2.24) is 4.57 Å². The zero-order valence-corrected chi connectivity index (χ0v) is 16.4. The Morgan fingerprint density at radius 3 is 2.64 bits per heavy atom. The number of rotatable bonds is 6. The summed E-state index contributed by atoms with van der Waals surface area (Å²) in [7, 11) is 1.66. The Hall–Kier alpha value is -1.92. The van der Waals surface area contributed by atoms with Crippen LogP contribution in [0.5, 0.6) is 5.75 Å². The first-order valence-corrected chi connectivity index (χ1v) is 9.19. The maximum absolute atomic E-state index is 12.7. The van der Waals surface area contributed by atoms with Gasteiger partial charge in [0.2, 0.25) is 0 Å². The molecule has 25 heavy (non-hydrogen) atoms. The Morgan fingerprint density at radius 1 is 1.28 bits per heavy atom. The minimum absolute atomic E-state index is 0.000461. The van der Waals surface area contributed by atoms with E-state index in [9.17, 15) is 4.79 Å². The summed E-state index contributed by atoms with van der Waals surface area (Å²) >= 11 is 1.54. The number of hydrogen-bond acceptors (Lipinski definition) is 4. The molecule has 0 bridgehead atoms. The predicted octanol–water partition coefficient (Wildman–Crippen LogP) is 3.63. The van der Waals surface area contributed by atoms with Gasteiger partial charge in [-0.15, -0.1) is 11.3 Å². The fourth-order valence-corrected chi connectivity index (χ4v) is 3.31. The molecule has 1 heterocycles. The highest BCUT2D eigenvalue weighted by Crippen LogP contribution is 2.24. The van der Waals surface area contributed by atoms with Crippen LogP contribution in [0.15, 0.2) is 35.5 Å². The number of carbonyl (C=O) groups excluding carboxylic acids is 1. The van der Waals surface area contributed by atoms with Gasteiger partial charge in [0.1, 0.15) is 5.75 Å². The number of methoxy groups -OCH3 is 1. The van der Waals surface area contributed by atoms with Crippen LogP contribution >= 0.6 is 11.3 Å². The smallest absolute Gasteiger partial charge is 0.283 e. The van der Waals surface area contributed by atoms with Gasteiger partial charge in [-0.25, -0.2) is 0 Å². The predicted molar refractivity (Wildman–Crippen MR) is 100 cm³/mol. The summed E-state index contributed by atoms with van der Waals surface area (Å²) in [4.78, 5) is 18.9. The van der Waals surface area contributed by atoms with Crippen LogP contribution in [0.1, 0.15) is 42.9 Å². The van der Waals surface area contributed by atoms with Crippen LogP contribution in [0.3, 0.4) is 0 Å². The van der Waals surface area contributed by atoms with Crippen LogP contribution in [-0.4, -0.2) is 30.8 Å². The number of nitrogens with zero attached hydrogens (tertiary/aromatic N) is 2. The summed E-state index contributed by atoms with van der Waals surface area (Å²) in [6, 6.07) is 7.21. The maximum atomic E-state index is 12.7. The summed E-state index contributed by atoms with van der Waals surface area (Å²) in [6.45, 7) is 10.1. The maximum Gasteiger partial charge on any atom is 0.283 e. The largest absolute Gasteiger partial charge is 0.493 e. The fourth-order valence-electron chi connectivity index (χ4n) is 2.24. The average Bonchev–Trinajstić information content (AvgIpc) is 2.96. The van der Waals surface area contributed by atoms with Crippen molar-refractivity contribution in [2.24, 2.45) is 4.99 Å². The van der Waals surface area contributed by atoms with E-state index in [-0.39, 0.29) is 11.3 Å². The molecule has 0 atom stereocenters. The molecule has 0 spiro atoms. The minimum atomic E-state index is -0.294. The van der Waals surface area contributed by atoms with E-state index in [1.54, 1.807) is 19.2 Å². The van der Waals surface area contributed by atoms with Crippen LogP contribution < -0.4 is 9.54 Å². The van der Waals surface area contributed by atoms with Crippen molar-refractivity contribution in [2.75, 3.05) is 20.3 Å². The number of para-hydroxylation sites is 1. The summed E-state index contributed by atoms with van der Waals surface area (Å²) < 4.78 is 12.7. The number of aromatic nitrogens is 1. The van der Waals surface area contributed by atoms with Gasteiger partial charge in [0, 0.05) is 24.7 Å². The lowest BCUT2D eigenvalue weighted by atomic mass is 9.95. The Labute approximate surface area is 152 Å². The Balaban J connectivity index is 2.45. The monoisotopic (exact) mass is 362 g/mol. The van der Waals surface area contributed by atoms with E-state index >= 15 is 0 Å². The van der Waals surface area contributed by atoms with Crippen LogP contribution in [0.4, 0.5) is 0 Å². The van der Waals surface area contributed by atoms with E-state index in [1.807, 2.05) is 23.6 Å². The lowest BCUT2D eigenvalue weighted by molar-refractivity contribution is 0.0993. The summed E-state index contributed by atoms with van der Waals surface area (Å²) in [5.41, 5.74) is 0.479. The molecule has 0 aliphatic heterocycles. The van der Waals surface area contributed by atoms with Gasteiger partial charge in [-0.2, -0.15) is 4.99 Å². The topological polar surface area (TPSA) is 52.8 Å². The molecule has 0 aliphatic rings. The zero-order valence-electron chi connectivity index (χ0n) is 15.5. The molecule has 136 valence electrons. The van der Waals surface area contributed by atoms with Crippen LogP contribution in [0.25, 0.3) is 0 Å². The lowest BCUT2D eigenvalue weighted by Crippen LogP contribution is -2.18. The van der Waals surface area contributed by atoms with E-state index in [0.717, 1.165) is 0 Å². The first kappa shape index (κ1) is 19.4. The van der Waals surface area contributed by atoms with Gasteiger partial charge in [0.05, 0.1) is 18.8 Å². The summed E-state index contributed by atoms with van der Waals surface area (Å²) in [5, 5.41) is 0. The number of thiazole rings is 1. The Kier molecular flexibility index (Phi) is 6.56. The van der Waals surface area contributed by atoms with Crippen molar-refractivity contribution in [3.8, 4) is 5.75 Å². The van der Waals surface area contributed by atoms with E-state index in [1.165, 1.54) is 16.2 Å². The molecule has 1 aromatic carbocycles. The average molecular weight is 362 g/mol. The van der Waals surface area contributed by atoms with Crippen LogP contribution in [0.2, 0.25) is 0 Å². The fraction of sp³-hybridized carbons (Fsp3) is 0.474. The van der Waals surface area contributed by atoms with Crippen molar-refractivity contribution < 1.29 is 14.3 Å². The van der Waals surface area contributed by atoms with Gasteiger partial charge in [-0.1, -0.05) is 32.9 Å². The van der Waals surface area contributed by atoms with Gasteiger partial charge >= 0.3 is 0 Å². The third kappa shape index (κ3) is 5.03. The van der Waals surface area contributed by atoms with Gasteiger partial charge in [-0.3, -0.25) is 4.79 Å². The van der Waals surface area contributed by atoms with Gasteiger partial charge < -0.3 is 14.0 Å². The molecule has 6 heteroatoms. The molecule has 1 amide bonds. The molecule has 0 radical (unpaired) electrons. The van der Waals surface area contributed by atoms with Crippen LogP contribution in [-0.2, 0) is 16.7 Å². The van der Waals surface area contributed by atoms with E-state index in [4.69, 9.17) is 9.47 Å². The first-order valence-electron chi connectivity index (χ1n) is 8.37. The molecule has 0 saturated heterocycles. The van der Waals surface area contributed by atoms with Crippen molar-refractivity contribution >= 4 is 17.2 Å². The molecular formula is C19H26N2O3S. The number of amides is 1. The highest BCUT2D eigenvalue weighted by atomic mass is 32.1. The molecule has 5 nitrogen and oxygen atoms in total. The summed E-state index contributed by atoms with van der Waals surface area (Å²) in [6.07, 6.45) is 2.06. The highest BCUT2D eigenvalue weighted by molar-refractivity contribution is 7.09. The molecule has 0 N–H and O–H groups in total. The second-order valence-electron chi connectivity index (χ2n) is 6.66. The molecular weight excluding hydrogens is 336 g/mol. The molecule has 0 unspecified atom stereocenters. The summed E-state index contributed by atoms with van der Waals surface area (Å²) in [5.74, 6) is 0.271. The Morgan fingerprint density at radius 2 is 2.00 bits per heavy atom. The van der Waals surface area contributed by atoms with Gasteiger partial charge in [-0.05, 0) is 24.5 Å². The zero-order chi connectivity index (χ0) is 18.4. The van der Waals surface area contributed by atoms with E-state index < -0.39 is 0 Å². The molecule has 2 rings (SSSR count). The number of ether oxygens (including phenoxy) is 2. The quantitative estimate of drug-likeness (QED) is 0.788. The third-order valence-corrected chi connectivity index (χ3v) is 5.06. The first-order chi connectivity index (χ1) is 11.9. The van der Waals surface area contributed by atoms with Crippen molar-refractivity contribution in [3.63, 3.8) is 0 Å². The van der Waals surface area contributed by atoms with Crippen molar-refractivity contribution in [2.45, 2.75) is 39.7 Å². The van der Waals surface area contributed by atoms with E-state index in [2.05, 4.69) is 32.0 Å². The molecule has 0 aliphatic carbocycles. The van der Waals surface area contributed by atoms with Crippen LogP contribution in [0, 0.1) is 0 Å². The molecule has 0 saturated carbocycles. The van der Waals surface area contributed by atoms with Crippen molar-refractivity contribution in [1.29, 1.82) is 0 Å². The number of carbonyl (C=O) groups is 1. The van der Waals surface area contributed by atoms with Gasteiger partial charge in [0.15, 0.2) is 4.80 Å².